The zero-order chi connectivity index (χ0) is 15.2. The quantitative estimate of drug-likeness (QED) is 0.793. The van der Waals surface area contributed by atoms with Gasteiger partial charge < -0.3 is 10.1 Å². The van der Waals surface area contributed by atoms with E-state index >= 15 is 0 Å². The fraction of sp³-hybridized carbons (Fsp3) is 0.400. The molecule has 0 saturated carbocycles. The first-order valence-corrected chi connectivity index (χ1v) is 7.97. The third-order valence-corrected chi connectivity index (χ3v) is 4.57. The van der Waals surface area contributed by atoms with Crippen LogP contribution in [-0.4, -0.2) is 30.0 Å². The Balaban J connectivity index is 2.12. The highest BCUT2D eigenvalue weighted by molar-refractivity contribution is 7.99. The molecule has 0 fully saturated rings. The molecular formula is C15H20ClN3OS. The summed E-state index contributed by atoms with van der Waals surface area (Å²) < 4.78 is 6.98. The maximum absolute atomic E-state index is 5.93. The molecular weight excluding hydrogens is 306 g/mol. The van der Waals surface area contributed by atoms with Crippen LogP contribution >= 0.6 is 23.4 Å². The fourth-order valence-electron chi connectivity index (χ4n) is 2.01. The van der Waals surface area contributed by atoms with E-state index in [-0.39, 0.29) is 0 Å². The average Bonchev–Trinajstić information content (AvgIpc) is 2.72. The minimum atomic E-state index is 0.707. The summed E-state index contributed by atoms with van der Waals surface area (Å²) >= 11 is 7.64. The molecule has 0 aliphatic heterocycles. The molecule has 0 aliphatic rings. The number of aromatic nitrogens is 2. The summed E-state index contributed by atoms with van der Waals surface area (Å²) in [5.41, 5.74) is 2.28. The van der Waals surface area contributed by atoms with E-state index in [1.54, 1.807) is 18.9 Å². The number of benzene rings is 1. The Morgan fingerprint density at radius 3 is 2.71 bits per heavy atom. The van der Waals surface area contributed by atoms with Gasteiger partial charge in [-0.3, -0.25) is 4.68 Å². The van der Waals surface area contributed by atoms with E-state index in [2.05, 4.69) is 10.4 Å². The average molecular weight is 326 g/mol. The molecule has 0 radical (unpaired) electrons. The van der Waals surface area contributed by atoms with Gasteiger partial charge in [0.25, 0.3) is 0 Å². The number of ether oxygens (including phenoxy) is 1. The van der Waals surface area contributed by atoms with E-state index in [0.29, 0.717) is 6.61 Å². The van der Waals surface area contributed by atoms with Gasteiger partial charge in [0.1, 0.15) is 5.03 Å². The number of halogens is 1. The number of hydrogen-bond acceptors (Lipinski definition) is 4. The van der Waals surface area contributed by atoms with Gasteiger partial charge in [0, 0.05) is 42.7 Å². The Morgan fingerprint density at radius 1 is 1.33 bits per heavy atom. The van der Waals surface area contributed by atoms with Gasteiger partial charge in [-0.25, -0.2) is 0 Å². The van der Waals surface area contributed by atoms with Crippen molar-refractivity contribution in [2.75, 3.05) is 20.3 Å². The van der Waals surface area contributed by atoms with E-state index in [9.17, 15) is 0 Å². The van der Waals surface area contributed by atoms with Crippen molar-refractivity contribution in [3.63, 3.8) is 0 Å². The molecule has 0 bridgehead atoms. The fourth-order valence-corrected chi connectivity index (χ4v) is 3.15. The molecule has 0 aliphatic carbocycles. The van der Waals surface area contributed by atoms with Gasteiger partial charge in [-0.15, -0.1) is 0 Å². The second kappa shape index (κ2) is 7.84. The summed E-state index contributed by atoms with van der Waals surface area (Å²) in [5.74, 6) is 0. The van der Waals surface area contributed by atoms with Crippen molar-refractivity contribution in [1.29, 1.82) is 0 Å². The van der Waals surface area contributed by atoms with Crippen molar-refractivity contribution < 1.29 is 4.74 Å². The van der Waals surface area contributed by atoms with Crippen LogP contribution in [0.5, 0.6) is 0 Å². The lowest BCUT2D eigenvalue weighted by Crippen LogP contribution is -2.19. The lowest BCUT2D eigenvalue weighted by atomic mass is 10.2. The highest BCUT2D eigenvalue weighted by Gasteiger charge is 2.14. The number of nitrogens with one attached hydrogen (secondary N) is 1. The number of hydrogen-bond donors (Lipinski definition) is 1. The van der Waals surface area contributed by atoms with Gasteiger partial charge >= 0.3 is 0 Å². The predicted molar refractivity (Wildman–Crippen MR) is 87.1 cm³/mol. The molecule has 1 aromatic carbocycles. The lowest BCUT2D eigenvalue weighted by Gasteiger charge is -2.08. The first-order chi connectivity index (χ1) is 10.1. The van der Waals surface area contributed by atoms with E-state index in [1.165, 1.54) is 5.56 Å². The zero-order valence-electron chi connectivity index (χ0n) is 12.5. The minimum absolute atomic E-state index is 0.707. The molecule has 6 heteroatoms. The number of aryl methyl sites for hydroxylation is 2. The van der Waals surface area contributed by atoms with Crippen LogP contribution in [0.2, 0.25) is 5.02 Å². The molecule has 0 spiro atoms. The van der Waals surface area contributed by atoms with Crippen molar-refractivity contribution >= 4 is 23.4 Å². The molecule has 1 heterocycles. The number of rotatable bonds is 7. The number of methoxy groups -OCH3 is 1. The van der Waals surface area contributed by atoms with Gasteiger partial charge in [0.05, 0.1) is 12.3 Å². The zero-order valence-corrected chi connectivity index (χ0v) is 14.1. The summed E-state index contributed by atoms with van der Waals surface area (Å²) in [4.78, 5) is 1.15. The highest BCUT2D eigenvalue weighted by Crippen LogP contribution is 2.32. The van der Waals surface area contributed by atoms with Gasteiger partial charge in [0.2, 0.25) is 0 Å². The van der Waals surface area contributed by atoms with Crippen LogP contribution in [0.4, 0.5) is 0 Å². The molecule has 2 rings (SSSR count). The normalized spacial score (nSPS) is 11.0. The minimum Gasteiger partial charge on any atom is -0.383 e. The molecule has 0 atom stereocenters. The summed E-state index contributed by atoms with van der Waals surface area (Å²) in [7, 11) is 3.68. The Labute approximate surface area is 134 Å². The maximum Gasteiger partial charge on any atom is 0.103 e. The summed E-state index contributed by atoms with van der Waals surface area (Å²) in [6, 6.07) is 7.86. The van der Waals surface area contributed by atoms with Crippen molar-refractivity contribution in [1.82, 2.24) is 15.1 Å². The van der Waals surface area contributed by atoms with Gasteiger partial charge in [-0.2, -0.15) is 5.10 Å². The third kappa shape index (κ3) is 4.48. The SMILES string of the molecule is COCCNCc1c(C)nn(C)c1Sc1ccc(Cl)cc1. The monoisotopic (exact) mass is 325 g/mol. The Hall–Kier alpha value is -1.01. The van der Waals surface area contributed by atoms with Crippen LogP contribution in [-0.2, 0) is 18.3 Å². The second-order valence-corrected chi connectivity index (χ2v) is 6.22. The van der Waals surface area contributed by atoms with Gasteiger partial charge in [0.15, 0.2) is 0 Å². The molecule has 0 unspecified atom stereocenters. The van der Waals surface area contributed by atoms with Gasteiger partial charge in [-0.1, -0.05) is 23.4 Å². The second-order valence-electron chi connectivity index (χ2n) is 4.72. The molecule has 0 saturated heterocycles. The van der Waals surface area contributed by atoms with Gasteiger partial charge in [-0.05, 0) is 31.2 Å². The first-order valence-electron chi connectivity index (χ1n) is 6.77. The van der Waals surface area contributed by atoms with Crippen molar-refractivity contribution in [2.45, 2.75) is 23.4 Å². The van der Waals surface area contributed by atoms with E-state index in [4.69, 9.17) is 16.3 Å². The summed E-state index contributed by atoms with van der Waals surface area (Å²) in [6.07, 6.45) is 0. The topological polar surface area (TPSA) is 39.1 Å². The van der Waals surface area contributed by atoms with Crippen LogP contribution in [0.3, 0.4) is 0 Å². The Kier molecular flexibility index (Phi) is 6.11. The predicted octanol–water partition coefficient (Wildman–Crippen LogP) is 3.27. The molecule has 0 amide bonds. The molecule has 21 heavy (non-hydrogen) atoms. The molecule has 4 nitrogen and oxygen atoms in total. The van der Waals surface area contributed by atoms with E-state index < -0.39 is 0 Å². The standard InChI is InChI=1S/C15H20ClN3OS/c1-11-14(10-17-8-9-20-3)15(19(2)18-11)21-13-6-4-12(16)5-7-13/h4-7,17H,8-10H2,1-3H3. The third-order valence-electron chi connectivity index (χ3n) is 3.10. The Bertz CT molecular complexity index is 583. The van der Waals surface area contributed by atoms with Crippen LogP contribution in [0.1, 0.15) is 11.3 Å². The van der Waals surface area contributed by atoms with Crippen LogP contribution in [0.25, 0.3) is 0 Å². The highest BCUT2D eigenvalue weighted by atomic mass is 35.5. The number of nitrogens with zero attached hydrogens (tertiary/aromatic N) is 2. The van der Waals surface area contributed by atoms with E-state index in [0.717, 1.165) is 33.7 Å². The van der Waals surface area contributed by atoms with Crippen LogP contribution in [0.15, 0.2) is 34.2 Å². The molecule has 1 N–H and O–H groups in total. The molecule has 114 valence electrons. The van der Waals surface area contributed by atoms with Crippen molar-refractivity contribution in [3.8, 4) is 0 Å². The van der Waals surface area contributed by atoms with Crippen LogP contribution < -0.4 is 5.32 Å². The first kappa shape index (κ1) is 16.4. The largest absolute Gasteiger partial charge is 0.383 e. The maximum atomic E-state index is 5.93. The lowest BCUT2D eigenvalue weighted by molar-refractivity contribution is 0.199. The van der Waals surface area contributed by atoms with Crippen molar-refractivity contribution in [2.24, 2.45) is 7.05 Å². The summed E-state index contributed by atoms with van der Waals surface area (Å²) in [5, 5.41) is 9.81. The van der Waals surface area contributed by atoms with Crippen molar-refractivity contribution in [3.05, 3.63) is 40.5 Å². The molecule has 2 aromatic rings. The molecule has 1 aromatic heterocycles. The van der Waals surface area contributed by atoms with E-state index in [1.807, 2.05) is 42.9 Å². The van der Waals surface area contributed by atoms with Crippen LogP contribution in [0, 0.1) is 6.92 Å². The Morgan fingerprint density at radius 2 is 2.05 bits per heavy atom. The summed E-state index contributed by atoms with van der Waals surface area (Å²) in [6.45, 7) is 4.37. The smallest absolute Gasteiger partial charge is 0.103 e.